The number of anilines is 1. The van der Waals surface area contributed by atoms with Crippen LogP contribution in [0, 0.1) is 0 Å². The maximum absolute atomic E-state index is 11.9. The zero-order chi connectivity index (χ0) is 20.7. The molecule has 0 saturated heterocycles. The van der Waals surface area contributed by atoms with E-state index in [0.717, 1.165) is 22.4 Å². The van der Waals surface area contributed by atoms with Crippen LogP contribution in [0.3, 0.4) is 0 Å². The van der Waals surface area contributed by atoms with E-state index in [0.29, 0.717) is 24.5 Å². The van der Waals surface area contributed by atoms with Crippen LogP contribution in [0.1, 0.15) is 17.3 Å². The van der Waals surface area contributed by atoms with Crippen molar-refractivity contribution in [3.63, 3.8) is 0 Å². The molecule has 5 rings (SSSR count). The second-order valence-corrected chi connectivity index (χ2v) is 6.90. The van der Waals surface area contributed by atoms with E-state index in [4.69, 9.17) is 15.2 Å². The monoisotopic (exact) mass is 404 g/mol. The van der Waals surface area contributed by atoms with Gasteiger partial charge in [-0.2, -0.15) is 4.98 Å². The summed E-state index contributed by atoms with van der Waals surface area (Å²) in [6.07, 6.45) is 1.75. The third kappa shape index (κ3) is 2.87. The fraction of sp³-hybridized carbons (Fsp3) is 0.190. The number of fused-ring (bicyclic) bond motifs is 2. The van der Waals surface area contributed by atoms with Gasteiger partial charge in [0.1, 0.15) is 23.8 Å². The first-order valence-corrected chi connectivity index (χ1v) is 9.53. The van der Waals surface area contributed by atoms with Crippen molar-refractivity contribution in [2.24, 2.45) is 0 Å². The second-order valence-electron chi connectivity index (χ2n) is 6.90. The van der Waals surface area contributed by atoms with Crippen molar-refractivity contribution >= 4 is 16.9 Å². The largest absolute Gasteiger partial charge is 0.495 e. The van der Waals surface area contributed by atoms with E-state index < -0.39 is 5.69 Å². The maximum Gasteiger partial charge on any atom is 0.349 e. The first-order valence-electron chi connectivity index (χ1n) is 9.53. The van der Waals surface area contributed by atoms with Gasteiger partial charge < -0.3 is 20.5 Å². The van der Waals surface area contributed by atoms with Crippen molar-refractivity contribution in [2.45, 2.75) is 6.04 Å². The number of nitrogens with zero attached hydrogens (tertiary/aromatic N) is 3. The first kappa shape index (κ1) is 18.2. The number of methoxy groups -OCH3 is 1. The second kappa shape index (κ2) is 7.20. The van der Waals surface area contributed by atoms with Crippen molar-refractivity contribution in [2.75, 3.05) is 26.0 Å². The van der Waals surface area contributed by atoms with E-state index in [1.807, 2.05) is 47.0 Å². The molecule has 3 aromatic heterocycles. The van der Waals surface area contributed by atoms with Gasteiger partial charge in [0, 0.05) is 23.8 Å². The molecule has 30 heavy (non-hydrogen) atoms. The van der Waals surface area contributed by atoms with E-state index in [1.54, 1.807) is 13.3 Å². The molecule has 1 aliphatic rings. The summed E-state index contributed by atoms with van der Waals surface area (Å²) in [6, 6.07) is 13.3. The summed E-state index contributed by atoms with van der Waals surface area (Å²) < 4.78 is 13.4. The number of aromatic nitrogens is 4. The molecule has 9 nitrogen and oxygen atoms in total. The number of benzene rings is 1. The number of nitrogens with two attached hydrogens (primary N) is 1. The molecule has 0 radical (unpaired) electrons. The SMILES string of the molecule is COc1ccccc1-n1c(C2NCCOc3nc(=O)[nH]c(N)c32)cc2cccnc21. The van der Waals surface area contributed by atoms with Crippen molar-refractivity contribution < 1.29 is 9.47 Å². The van der Waals surface area contributed by atoms with Gasteiger partial charge in [-0.3, -0.25) is 9.55 Å². The number of aromatic amines is 1. The summed E-state index contributed by atoms with van der Waals surface area (Å²) in [6.45, 7) is 0.919. The van der Waals surface area contributed by atoms with Crippen LogP contribution in [-0.4, -0.2) is 39.8 Å². The summed E-state index contributed by atoms with van der Waals surface area (Å²) in [5.41, 5.74) is 8.76. The molecule has 0 aliphatic carbocycles. The number of hydrogen-bond acceptors (Lipinski definition) is 7. The quantitative estimate of drug-likeness (QED) is 0.476. The number of rotatable bonds is 3. The third-order valence-electron chi connectivity index (χ3n) is 5.16. The molecule has 0 fully saturated rings. The Morgan fingerprint density at radius 3 is 3.00 bits per heavy atom. The number of H-pyrrole nitrogens is 1. The average Bonchev–Trinajstić information content (AvgIpc) is 3.00. The zero-order valence-electron chi connectivity index (χ0n) is 16.3. The Balaban J connectivity index is 1.82. The molecular formula is C21H20N6O3. The highest BCUT2D eigenvalue weighted by Crippen LogP contribution is 2.38. The molecule has 4 N–H and O–H groups in total. The molecular weight excluding hydrogens is 384 g/mol. The van der Waals surface area contributed by atoms with Gasteiger partial charge in [-0.05, 0) is 30.3 Å². The highest BCUT2D eigenvalue weighted by molar-refractivity contribution is 5.81. The highest BCUT2D eigenvalue weighted by Gasteiger charge is 2.30. The van der Waals surface area contributed by atoms with E-state index >= 15 is 0 Å². The molecule has 1 unspecified atom stereocenters. The molecule has 9 heteroatoms. The third-order valence-corrected chi connectivity index (χ3v) is 5.16. The molecule has 0 bridgehead atoms. The van der Waals surface area contributed by atoms with E-state index in [9.17, 15) is 4.79 Å². The normalized spacial score (nSPS) is 16.0. The molecule has 0 spiro atoms. The minimum atomic E-state index is -0.543. The predicted octanol–water partition coefficient (Wildman–Crippen LogP) is 1.77. The van der Waals surface area contributed by atoms with Crippen LogP contribution in [-0.2, 0) is 0 Å². The average molecular weight is 404 g/mol. The van der Waals surface area contributed by atoms with Gasteiger partial charge in [-0.15, -0.1) is 0 Å². The lowest BCUT2D eigenvalue weighted by Crippen LogP contribution is -2.27. The summed E-state index contributed by atoms with van der Waals surface area (Å²) >= 11 is 0. The first-order chi connectivity index (χ1) is 14.7. The molecule has 152 valence electrons. The molecule has 4 heterocycles. The fourth-order valence-electron chi connectivity index (χ4n) is 3.91. The van der Waals surface area contributed by atoms with Crippen molar-refractivity contribution in [1.29, 1.82) is 0 Å². The van der Waals surface area contributed by atoms with Crippen molar-refractivity contribution in [3.05, 3.63) is 70.4 Å². The number of nitrogens with one attached hydrogen (secondary N) is 2. The fourth-order valence-corrected chi connectivity index (χ4v) is 3.91. The summed E-state index contributed by atoms with van der Waals surface area (Å²) in [5, 5.41) is 4.43. The Morgan fingerprint density at radius 1 is 1.27 bits per heavy atom. The number of pyridine rings is 1. The van der Waals surface area contributed by atoms with Gasteiger partial charge in [0.25, 0.3) is 0 Å². The Morgan fingerprint density at radius 2 is 2.13 bits per heavy atom. The van der Waals surface area contributed by atoms with E-state index in [-0.39, 0.29) is 17.7 Å². The van der Waals surface area contributed by atoms with E-state index in [2.05, 4.69) is 20.3 Å². The number of hydrogen-bond donors (Lipinski definition) is 3. The number of ether oxygens (including phenoxy) is 2. The Hall–Kier alpha value is -3.85. The lowest BCUT2D eigenvalue weighted by Gasteiger charge is -2.22. The van der Waals surface area contributed by atoms with Crippen molar-refractivity contribution in [3.8, 4) is 17.3 Å². The highest BCUT2D eigenvalue weighted by atomic mass is 16.5. The topological polar surface area (TPSA) is 120 Å². The maximum atomic E-state index is 11.9. The molecule has 0 saturated carbocycles. The minimum Gasteiger partial charge on any atom is -0.495 e. The summed E-state index contributed by atoms with van der Waals surface area (Å²) in [5.74, 6) is 1.16. The Bertz CT molecular complexity index is 1300. The molecule has 0 amide bonds. The summed E-state index contributed by atoms with van der Waals surface area (Å²) in [4.78, 5) is 23.0. The predicted molar refractivity (Wildman–Crippen MR) is 112 cm³/mol. The minimum absolute atomic E-state index is 0.217. The number of nitrogen functional groups attached to an aromatic ring is 1. The van der Waals surface area contributed by atoms with Gasteiger partial charge in [-0.1, -0.05) is 12.1 Å². The van der Waals surface area contributed by atoms with Crippen LogP contribution in [0.5, 0.6) is 11.6 Å². The van der Waals surface area contributed by atoms with E-state index in [1.165, 1.54) is 0 Å². The molecule has 1 aliphatic heterocycles. The Kier molecular flexibility index (Phi) is 4.36. The molecule has 1 aromatic carbocycles. The van der Waals surface area contributed by atoms with Gasteiger partial charge in [0.05, 0.1) is 24.4 Å². The molecule has 4 aromatic rings. The smallest absolute Gasteiger partial charge is 0.349 e. The van der Waals surface area contributed by atoms with Crippen molar-refractivity contribution in [1.82, 2.24) is 24.8 Å². The van der Waals surface area contributed by atoms with Crippen LogP contribution in [0.2, 0.25) is 0 Å². The van der Waals surface area contributed by atoms with Crippen LogP contribution in [0.4, 0.5) is 5.82 Å². The van der Waals surface area contributed by atoms with Gasteiger partial charge in [-0.25, -0.2) is 9.78 Å². The summed E-state index contributed by atoms with van der Waals surface area (Å²) in [7, 11) is 1.64. The van der Waals surface area contributed by atoms with Crippen LogP contribution >= 0.6 is 0 Å². The lowest BCUT2D eigenvalue weighted by molar-refractivity contribution is 0.312. The standard InChI is InChI=1S/C21H20N6O3/c1-29-15-7-3-2-6-13(15)27-14(11-12-5-4-8-24-19(12)27)17-16-18(22)25-21(28)26-20(16)30-10-9-23-17/h2-8,11,17,23H,9-10H2,1H3,(H3,22,25,26,28). The van der Waals surface area contributed by atoms with Gasteiger partial charge in [0.15, 0.2) is 0 Å². The Labute approximate surface area is 171 Å². The molecule has 1 atom stereocenters. The van der Waals surface area contributed by atoms with Gasteiger partial charge >= 0.3 is 5.69 Å². The van der Waals surface area contributed by atoms with Crippen LogP contribution < -0.4 is 26.2 Å². The zero-order valence-corrected chi connectivity index (χ0v) is 16.3. The number of para-hydroxylation sites is 2. The van der Waals surface area contributed by atoms with Crippen LogP contribution in [0.25, 0.3) is 16.7 Å². The lowest BCUT2D eigenvalue weighted by atomic mass is 10.0. The van der Waals surface area contributed by atoms with Crippen LogP contribution in [0.15, 0.2) is 53.5 Å². The van der Waals surface area contributed by atoms with Gasteiger partial charge in [0.2, 0.25) is 5.88 Å².